The Morgan fingerprint density at radius 2 is 1.90 bits per heavy atom. The second-order valence-electron chi connectivity index (χ2n) is 10.9. The number of imidazole rings is 1. The molecule has 1 aliphatic carbocycles. The van der Waals surface area contributed by atoms with Crippen molar-refractivity contribution in [1.29, 1.82) is 0 Å². The highest BCUT2D eigenvalue weighted by molar-refractivity contribution is 6.31. The van der Waals surface area contributed by atoms with Crippen LogP contribution in [-0.2, 0) is 34.5 Å². The average molecular weight is 566 g/mol. The van der Waals surface area contributed by atoms with Gasteiger partial charge < -0.3 is 24.2 Å². The molecule has 3 aliphatic rings. The maximum absolute atomic E-state index is 14.1. The quantitative estimate of drug-likeness (QED) is 0.478. The van der Waals surface area contributed by atoms with Crippen molar-refractivity contribution < 1.29 is 24.2 Å². The molecule has 0 bridgehead atoms. The maximum Gasteiger partial charge on any atom is 0.307 e. The molecule has 3 aromatic rings. The molecule has 0 spiro atoms. The van der Waals surface area contributed by atoms with E-state index in [2.05, 4.69) is 9.97 Å². The van der Waals surface area contributed by atoms with E-state index in [1.807, 2.05) is 17.7 Å². The maximum atomic E-state index is 14.1. The van der Waals surface area contributed by atoms with E-state index in [-0.39, 0.29) is 18.4 Å². The number of ether oxygens (including phenoxy) is 1. The number of carbonyl (C=O) groups excluding carboxylic acids is 2. The summed E-state index contributed by atoms with van der Waals surface area (Å²) in [6.07, 6.45) is 6.97. The molecule has 1 aromatic carbocycles. The molecule has 210 valence electrons. The van der Waals surface area contributed by atoms with Crippen LogP contribution in [0, 0.1) is 11.8 Å². The number of hydrogen-bond donors (Lipinski definition) is 1. The predicted molar refractivity (Wildman–Crippen MR) is 146 cm³/mol. The highest BCUT2D eigenvalue weighted by Gasteiger charge is 2.46. The lowest BCUT2D eigenvalue weighted by atomic mass is 9.78. The van der Waals surface area contributed by atoms with Crippen LogP contribution in [0.5, 0.6) is 5.75 Å². The largest absolute Gasteiger partial charge is 0.488 e. The molecule has 1 saturated carbocycles. The molecular formula is C29H32ClN5O5. The first-order valence-corrected chi connectivity index (χ1v) is 14.2. The number of nitrogens with zero attached hydrogens (tertiary/aromatic N) is 5. The fourth-order valence-corrected chi connectivity index (χ4v) is 6.76. The first-order chi connectivity index (χ1) is 19.3. The number of amides is 2. The Bertz CT molecular complexity index is 1490. The van der Waals surface area contributed by atoms with Crippen LogP contribution >= 0.6 is 11.6 Å². The van der Waals surface area contributed by atoms with Crippen LogP contribution < -0.4 is 4.74 Å². The lowest BCUT2D eigenvalue weighted by molar-refractivity contribution is -0.157. The van der Waals surface area contributed by atoms with Gasteiger partial charge in [0, 0.05) is 48.9 Å². The summed E-state index contributed by atoms with van der Waals surface area (Å²) in [4.78, 5) is 51.6. The van der Waals surface area contributed by atoms with Gasteiger partial charge in [0.2, 0.25) is 11.8 Å². The molecule has 2 amide bonds. The topological polar surface area (TPSA) is 118 Å². The van der Waals surface area contributed by atoms with Crippen LogP contribution in [0.2, 0.25) is 5.02 Å². The Labute approximate surface area is 236 Å². The summed E-state index contributed by atoms with van der Waals surface area (Å²) in [6.45, 7) is 1.07. The Hall–Kier alpha value is -3.66. The number of fused-ring (bicyclic) bond motifs is 2. The van der Waals surface area contributed by atoms with Crippen LogP contribution in [0.15, 0.2) is 30.7 Å². The number of rotatable bonds is 6. The number of aromatic nitrogens is 3. The third-order valence-corrected chi connectivity index (χ3v) is 8.86. The smallest absolute Gasteiger partial charge is 0.307 e. The minimum Gasteiger partial charge on any atom is -0.488 e. The monoisotopic (exact) mass is 565 g/mol. The number of halogens is 1. The molecule has 3 atom stereocenters. The number of carboxylic acids is 1. The van der Waals surface area contributed by atoms with Crippen molar-refractivity contribution >= 4 is 40.5 Å². The predicted octanol–water partition coefficient (Wildman–Crippen LogP) is 4.10. The van der Waals surface area contributed by atoms with Crippen molar-refractivity contribution in [2.75, 3.05) is 13.1 Å². The van der Waals surface area contributed by atoms with E-state index >= 15 is 0 Å². The van der Waals surface area contributed by atoms with Crippen molar-refractivity contribution in [1.82, 2.24) is 24.3 Å². The van der Waals surface area contributed by atoms with Gasteiger partial charge in [-0.2, -0.15) is 0 Å². The van der Waals surface area contributed by atoms with Crippen molar-refractivity contribution in [3.05, 3.63) is 52.4 Å². The number of benzene rings is 1. The Kier molecular flexibility index (Phi) is 7.12. The molecule has 6 rings (SSSR count). The normalized spacial score (nSPS) is 22.9. The molecular weight excluding hydrogens is 534 g/mol. The summed E-state index contributed by atoms with van der Waals surface area (Å²) in [6, 6.07) is 5.51. The van der Waals surface area contributed by atoms with Gasteiger partial charge in [0.15, 0.2) is 5.65 Å². The van der Waals surface area contributed by atoms with Gasteiger partial charge in [0.1, 0.15) is 24.0 Å². The summed E-state index contributed by atoms with van der Waals surface area (Å²) >= 11 is 6.69. The fraction of sp³-hybridized carbons (Fsp3) is 0.483. The molecule has 1 N–H and O–H groups in total. The van der Waals surface area contributed by atoms with Gasteiger partial charge in [-0.1, -0.05) is 24.4 Å². The molecule has 11 heteroatoms. The summed E-state index contributed by atoms with van der Waals surface area (Å²) in [7, 11) is 1.89. The first-order valence-electron chi connectivity index (χ1n) is 13.9. The molecule has 2 aliphatic heterocycles. The highest BCUT2D eigenvalue weighted by atomic mass is 35.5. The molecule has 0 radical (unpaired) electrons. The van der Waals surface area contributed by atoms with E-state index < -0.39 is 24.0 Å². The van der Waals surface area contributed by atoms with Gasteiger partial charge in [-0.25, -0.2) is 9.97 Å². The number of pyridine rings is 1. The standard InChI is InChI=1S/C29H32ClN5O5/c1-33-16-32-22-13-17(14-31-26(22)33)15-40-23-9-8-21(30)20-10-12-35(27(25(20)23)34-11-4-7-24(34)36)28(37)18-5-2-3-6-19(18)29(38)39/h8-9,13-14,16,18-19,27H,2-7,10-12,15H2,1H3,(H,38,39). The number of aliphatic carboxylic acids is 1. The van der Waals surface area contributed by atoms with Crippen LogP contribution in [0.4, 0.5) is 0 Å². The van der Waals surface area contributed by atoms with Gasteiger partial charge in [0.25, 0.3) is 0 Å². The van der Waals surface area contributed by atoms with E-state index in [1.54, 1.807) is 34.5 Å². The minimum absolute atomic E-state index is 0.0372. The average Bonchev–Trinajstić information content (AvgIpc) is 3.56. The minimum atomic E-state index is -0.935. The van der Waals surface area contributed by atoms with Gasteiger partial charge in [0.05, 0.1) is 18.2 Å². The summed E-state index contributed by atoms with van der Waals surface area (Å²) < 4.78 is 8.20. The second-order valence-corrected chi connectivity index (χ2v) is 11.4. The lowest BCUT2D eigenvalue weighted by Gasteiger charge is -2.45. The van der Waals surface area contributed by atoms with Gasteiger partial charge in [-0.05, 0) is 49.4 Å². The van der Waals surface area contributed by atoms with Crippen molar-refractivity contribution in [3.8, 4) is 5.75 Å². The molecule has 1 saturated heterocycles. The summed E-state index contributed by atoms with van der Waals surface area (Å²) in [5.41, 5.74) is 3.93. The van der Waals surface area contributed by atoms with E-state index in [0.717, 1.165) is 35.1 Å². The van der Waals surface area contributed by atoms with E-state index in [9.17, 15) is 19.5 Å². The number of carboxylic acid groups (broad SMARTS) is 1. The fourth-order valence-electron chi connectivity index (χ4n) is 6.51. The van der Waals surface area contributed by atoms with Crippen LogP contribution in [0.1, 0.15) is 61.4 Å². The van der Waals surface area contributed by atoms with Gasteiger partial charge in [-0.15, -0.1) is 0 Å². The van der Waals surface area contributed by atoms with Gasteiger partial charge >= 0.3 is 5.97 Å². The molecule has 3 unspecified atom stereocenters. The van der Waals surface area contributed by atoms with Crippen molar-refractivity contribution in [2.45, 2.75) is 57.7 Å². The van der Waals surface area contributed by atoms with Crippen molar-refractivity contribution in [3.63, 3.8) is 0 Å². The molecule has 2 fully saturated rings. The Morgan fingerprint density at radius 3 is 2.65 bits per heavy atom. The molecule has 40 heavy (non-hydrogen) atoms. The van der Waals surface area contributed by atoms with E-state index in [4.69, 9.17) is 16.3 Å². The van der Waals surface area contributed by atoms with E-state index in [0.29, 0.717) is 61.5 Å². The molecule has 4 heterocycles. The second kappa shape index (κ2) is 10.7. The zero-order valence-corrected chi connectivity index (χ0v) is 23.1. The first kappa shape index (κ1) is 26.6. The molecule has 2 aromatic heterocycles. The number of hydrogen-bond acceptors (Lipinski definition) is 6. The SMILES string of the molecule is Cn1cnc2cc(COc3ccc(Cl)c4c3C(N3CCCC3=O)N(C(=O)C3CCCCC3C(=O)O)CC4)cnc21. The molecule has 10 nitrogen and oxygen atoms in total. The summed E-state index contributed by atoms with van der Waals surface area (Å²) in [5, 5.41) is 10.4. The number of aryl methyl sites for hydroxylation is 1. The van der Waals surface area contributed by atoms with Gasteiger partial charge in [-0.3, -0.25) is 14.4 Å². The zero-order chi connectivity index (χ0) is 28.0. The Morgan fingerprint density at radius 1 is 1.10 bits per heavy atom. The Balaban J connectivity index is 1.37. The highest BCUT2D eigenvalue weighted by Crippen LogP contribution is 2.45. The van der Waals surface area contributed by atoms with E-state index in [1.165, 1.54) is 0 Å². The van der Waals surface area contributed by atoms with Crippen LogP contribution in [0.3, 0.4) is 0 Å². The summed E-state index contributed by atoms with van der Waals surface area (Å²) in [5.74, 6) is -1.98. The van der Waals surface area contributed by atoms with Crippen molar-refractivity contribution in [2.24, 2.45) is 18.9 Å². The van der Waals surface area contributed by atoms with Crippen LogP contribution in [0.25, 0.3) is 11.2 Å². The third kappa shape index (κ3) is 4.68. The number of likely N-dealkylation sites (tertiary alicyclic amines) is 1. The lowest BCUT2D eigenvalue weighted by Crippen LogP contribution is -2.52. The van der Waals surface area contributed by atoms with Crippen LogP contribution in [-0.4, -0.2) is 60.3 Å². The zero-order valence-electron chi connectivity index (χ0n) is 22.4. The third-order valence-electron chi connectivity index (χ3n) is 8.51. The number of carbonyl (C=O) groups is 3.